The average Bonchev–Trinajstić information content (AvgIpc) is 2.45. The lowest BCUT2D eigenvalue weighted by molar-refractivity contribution is -0.164. The zero-order valence-electron chi connectivity index (χ0n) is 12.7. The highest BCUT2D eigenvalue weighted by molar-refractivity contribution is 5.87. The van der Waals surface area contributed by atoms with Gasteiger partial charge in [0.2, 0.25) is 0 Å². The number of ether oxygens (including phenoxy) is 2. The number of carboxylic acid groups (broad SMARTS) is 2. The first-order valence-corrected chi connectivity index (χ1v) is 7.10. The van der Waals surface area contributed by atoms with E-state index in [0.717, 1.165) is 0 Å². The Morgan fingerprint density at radius 3 is 1.86 bits per heavy atom. The van der Waals surface area contributed by atoms with Gasteiger partial charge in [0, 0.05) is 0 Å². The molecule has 0 aromatic carbocycles. The number of hydrogen-bond acceptors (Lipinski definition) is 6. The topological polar surface area (TPSA) is 127 Å². The molecule has 0 amide bonds. The summed E-state index contributed by atoms with van der Waals surface area (Å²) >= 11 is 0. The molecule has 0 aliphatic carbocycles. The van der Waals surface area contributed by atoms with Gasteiger partial charge in [0.05, 0.1) is 37.9 Å². The molecule has 0 bridgehead atoms. The molecule has 22 heavy (non-hydrogen) atoms. The molecule has 0 spiro atoms. The summed E-state index contributed by atoms with van der Waals surface area (Å²) in [5.41, 5.74) is 0. The Morgan fingerprint density at radius 1 is 0.864 bits per heavy atom. The molecule has 0 rings (SSSR count). The SMILES string of the molecule is CCCOC(=O)CC(C(=O)O)C(CC(=O)O)C(=O)OCCC. The van der Waals surface area contributed by atoms with Gasteiger partial charge in [0.25, 0.3) is 0 Å². The van der Waals surface area contributed by atoms with Crippen molar-refractivity contribution in [2.45, 2.75) is 39.5 Å². The minimum atomic E-state index is -1.50. The Balaban J connectivity index is 5.05. The zero-order valence-corrected chi connectivity index (χ0v) is 12.7. The van der Waals surface area contributed by atoms with E-state index in [0.29, 0.717) is 12.8 Å². The van der Waals surface area contributed by atoms with E-state index in [1.807, 2.05) is 0 Å². The molecule has 126 valence electrons. The molecular weight excluding hydrogens is 296 g/mol. The minimum Gasteiger partial charge on any atom is -0.481 e. The van der Waals surface area contributed by atoms with Crippen LogP contribution in [0.5, 0.6) is 0 Å². The molecule has 2 N–H and O–H groups in total. The van der Waals surface area contributed by atoms with E-state index in [1.54, 1.807) is 13.8 Å². The summed E-state index contributed by atoms with van der Waals surface area (Å²) in [4.78, 5) is 45.6. The first-order chi connectivity index (χ1) is 10.3. The van der Waals surface area contributed by atoms with E-state index in [4.69, 9.17) is 14.6 Å². The second-order valence-corrected chi connectivity index (χ2v) is 4.74. The summed E-state index contributed by atoms with van der Waals surface area (Å²) < 4.78 is 9.62. The molecule has 0 radical (unpaired) electrons. The van der Waals surface area contributed by atoms with Crippen LogP contribution < -0.4 is 0 Å². The second-order valence-electron chi connectivity index (χ2n) is 4.74. The number of carboxylic acids is 2. The number of rotatable bonds is 11. The van der Waals surface area contributed by atoms with E-state index in [-0.39, 0.29) is 13.2 Å². The Kier molecular flexibility index (Phi) is 9.56. The van der Waals surface area contributed by atoms with Crippen molar-refractivity contribution in [2.75, 3.05) is 13.2 Å². The molecule has 0 saturated heterocycles. The van der Waals surface area contributed by atoms with Gasteiger partial charge in [0.1, 0.15) is 0 Å². The molecular formula is C14H22O8. The van der Waals surface area contributed by atoms with Crippen LogP contribution in [0.3, 0.4) is 0 Å². The lowest BCUT2D eigenvalue weighted by Gasteiger charge is -2.20. The van der Waals surface area contributed by atoms with Crippen LogP contribution in [0.15, 0.2) is 0 Å². The van der Waals surface area contributed by atoms with E-state index in [1.165, 1.54) is 0 Å². The molecule has 0 heterocycles. The van der Waals surface area contributed by atoms with Gasteiger partial charge in [-0.1, -0.05) is 13.8 Å². The van der Waals surface area contributed by atoms with Crippen LogP contribution in [0.2, 0.25) is 0 Å². The maximum atomic E-state index is 11.9. The van der Waals surface area contributed by atoms with Crippen molar-refractivity contribution in [1.29, 1.82) is 0 Å². The molecule has 0 aliphatic heterocycles. The van der Waals surface area contributed by atoms with Crippen LogP contribution in [-0.2, 0) is 28.7 Å². The molecule has 0 aliphatic rings. The first kappa shape index (κ1) is 19.9. The predicted octanol–water partition coefficient (Wildman–Crippen LogP) is 1.07. The minimum absolute atomic E-state index is 0.0571. The van der Waals surface area contributed by atoms with Crippen molar-refractivity contribution in [3.63, 3.8) is 0 Å². The van der Waals surface area contributed by atoms with Crippen molar-refractivity contribution in [2.24, 2.45) is 11.8 Å². The number of aliphatic carboxylic acids is 2. The third-order valence-corrected chi connectivity index (χ3v) is 2.80. The fraction of sp³-hybridized carbons (Fsp3) is 0.714. The van der Waals surface area contributed by atoms with Gasteiger partial charge in [0.15, 0.2) is 0 Å². The molecule has 2 atom stereocenters. The number of carbonyl (C=O) groups is 4. The molecule has 2 unspecified atom stereocenters. The van der Waals surface area contributed by atoms with E-state index >= 15 is 0 Å². The Morgan fingerprint density at radius 2 is 1.41 bits per heavy atom. The van der Waals surface area contributed by atoms with Crippen molar-refractivity contribution >= 4 is 23.9 Å². The monoisotopic (exact) mass is 318 g/mol. The summed E-state index contributed by atoms with van der Waals surface area (Å²) in [6.45, 7) is 3.71. The van der Waals surface area contributed by atoms with Crippen LogP contribution in [0.4, 0.5) is 0 Å². The van der Waals surface area contributed by atoms with E-state index in [2.05, 4.69) is 0 Å². The fourth-order valence-corrected chi connectivity index (χ4v) is 1.74. The van der Waals surface area contributed by atoms with Crippen LogP contribution in [0.25, 0.3) is 0 Å². The maximum Gasteiger partial charge on any atom is 0.310 e. The highest BCUT2D eigenvalue weighted by Crippen LogP contribution is 2.23. The summed E-state index contributed by atoms with van der Waals surface area (Å²) in [6, 6.07) is 0. The second kappa shape index (κ2) is 10.6. The molecule has 0 aromatic heterocycles. The molecule has 0 aromatic rings. The zero-order chi connectivity index (χ0) is 17.1. The predicted molar refractivity (Wildman–Crippen MR) is 74.0 cm³/mol. The van der Waals surface area contributed by atoms with Crippen molar-refractivity contribution in [3.05, 3.63) is 0 Å². The van der Waals surface area contributed by atoms with Crippen LogP contribution >= 0.6 is 0 Å². The molecule has 8 nitrogen and oxygen atoms in total. The van der Waals surface area contributed by atoms with Gasteiger partial charge in [-0.05, 0) is 12.8 Å². The van der Waals surface area contributed by atoms with Crippen molar-refractivity contribution in [1.82, 2.24) is 0 Å². The smallest absolute Gasteiger partial charge is 0.310 e. The van der Waals surface area contributed by atoms with Crippen LogP contribution in [0.1, 0.15) is 39.5 Å². The van der Waals surface area contributed by atoms with E-state index < -0.39 is 48.6 Å². The largest absolute Gasteiger partial charge is 0.481 e. The lowest BCUT2D eigenvalue weighted by Crippen LogP contribution is -2.35. The maximum absolute atomic E-state index is 11.9. The summed E-state index contributed by atoms with van der Waals surface area (Å²) in [5.74, 6) is -7.42. The quantitative estimate of drug-likeness (QED) is 0.542. The average molecular weight is 318 g/mol. The number of esters is 2. The third kappa shape index (κ3) is 7.61. The van der Waals surface area contributed by atoms with Gasteiger partial charge in [-0.3, -0.25) is 19.2 Å². The molecule has 0 saturated carbocycles. The van der Waals surface area contributed by atoms with Crippen molar-refractivity contribution in [3.8, 4) is 0 Å². The summed E-state index contributed by atoms with van der Waals surface area (Å²) in [6.07, 6.45) is -0.211. The van der Waals surface area contributed by atoms with Gasteiger partial charge in [-0.2, -0.15) is 0 Å². The van der Waals surface area contributed by atoms with Crippen LogP contribution in [0, 0.1) is 11.8 Å². The summed E-state index contributed by atoms with van der Waals surface area (Å²) in [5, 5.41) is 18.0. The summed E-state index contributed by atoms with van der Waals surface area (Å²) in [7, 11) is 0. The number of carbonyl (C=O) groups excluding carboxylic acids is 2. The van der Waals surface area contributed by atoms with Gasteiger partial charge >= 0.3 is 23.9 Å². The molecule has 8 heteroatoms. The highest BCUT2D eigenvalue weighted by atomic mass is 16.5. The fourth-order valence-electron chi connectivity index (χ4n) is 1.74. The lowest BCUT2D eigenvalue weighted by atomic mass is 9.87. The highest BCUT2D eigenvalue weighted by Gasteiger charge is 2.38. The Hall–Kier alpha value is -2.12. The van der Waals surface area contributed by atoms with Gasteiger partial charge in [-0.15, -0.1) is 0 Å². The standard InChI is InChI=1S/C14H22O8/c1-3-5-21-12(17)8-9(13(18)19)10(7-11(15)16)14(20)22-6-4-2/h9-10H,3-8H2,1-2H3,(H,15,16)(H,18,19). The molecule has 0 fully saturated rings. The third-order valence-electron chi connectivity index (χ3n) is 2.80. The Bertz CT molecular complexity index is 404. The van der Waals surface area contributed by atoms with Crippen molar-refractivity contribution < 1.29 is 38.9 Å². The van der Waals surface area contributed by atoms with E-state index in [9.17, 15) is 24.3 Å². The first-order valence-electron chi connectivity index (χ1n) is 7.10. The van der Waals surface area contributed by atoms with Gasteiger partial charge < -0.3 is 19.7 Å². The number of hydrogen-bond donors (Lipinski definition) is 2. The van der Waals surface area contributed by atoms with Crippen LogP contribution in [-0.4, -0.2) is 47.3 Å². The normalized spacial score (nSPS) is 13.0. The Labute approximate surface area is 128 Å². The van der Waals surface area contributed by atoms with Gasteiger partial charge in [-0.25, -0.2) is 0 Å².